The molecule has 0 saturated carbocycles. The lowest BCUT2D eigenvalue weighted by Gasteiger charge is -2.35. The van der Waals surface area contributed by atoms with E-state index < -0.39 is 17.5 Å². The Bertz CT molecular complexity index is 521. The second-order valence-corrected chi connectivity index (χ2v) is 8.45. The molecule has 0 N–H and O–H groups in total. The Hall–Kier alpha value is -1.79. The Morgan fingerprint density at radius 3 is 2.27 bits per heavy atom. The number of ether oxygens (including phenoxy) is 1. The predicted octanol–water partition coefficient (Wildman–Crippen LogP) is 1.40. The maximum absolute atomic E-state index is 12.4. The average Bonchev–Trinajstić information content (AvgIpc) is 2.58. The molecule has 0 aromatic heterocycles. The fourth-order valence-corrected chi connectivity index (χ4v) is 3.61. The molecule has 1 unspecified atom stereocenters. The van der Waals surface area contributed by atoms with Gasteiger partial charge in [0, 0.05) is 44.5 Å². The van der Waals surface area contributed by atoms with E-state index in [1.807, 2.05) is 20.8 Å². The summed E-state index contributed by atoms with van der Waals surface area (Å²) in [6, 6.07) is 0. The van der Waals surface area contributed by atoms with Gasteiger partial charge in [-0.05, 0) is 58.8 Å². The molecule has 7 nitrogen and oxygen atoms in total. The molecular weight excluding hydrogens is 336 g/mol. The first-order valence-corrected chi connectivity index (χ1v) is 9.62. The van der Waals surface area contributed by atoms with Crippen LogP contribution in [-0.2, 0) is 14.3 Å². The van der Waals surface area contributed by atoms with Crippen LogP contribution in [0, 0.1) is 11.8 Å². The molecule has 2 aliphatic heterocycles. The molecule has 0 spiro atoms. The van der Waals surface area contributed by atoms with E-state index in [4.69, 9.17) is 4.74 Å². The van der Waals surface area contributed by atoms with Crippen molar-refractivity contribution in [3.63, 3.8) is 0 Å². The first-order valence-electron chi connectivity index (χ1n) is 9.62. The number of amides is 2. The third kappa shape index (κ3) is 6.18. The van der Waals surface area contributed by atoms with Crippen molar-refractivity contribution >= 4 is 18.0 Å². The zero-order chi connectivity index (χ0) is 19.3. The molecule has 0 aromatic carbocycles. The van der Waals surface area contributed by atoms with Crippen LogP contribution in [0.5, 0.6) is 0 Å². The molecule has 26 heavy (non-hydrogen) atoms. The number of hydrogen-bond donors (Lipinski definition) is 0. The summed E-state index contributed by atoms with van der Waals surface area (Å²) in [6.45, 7) is 7.80. The largest absolute Gasteiger partial charge is 0.550 e. The molecule has 7 heteroatoms. The van der Waals surface area contributed by atoms with Gasteiger partial charge in [-0.15, -0.1) is 0 Å². The van der Waals surface area contributed by atoms with E-state index in [0.717, 1.165) is 25.7 Å². The van der Waals surface area contributed by atoms with Crippen molar-refractivity contribution in [2.45, 2.75) is 64.9 Å². The molecule has 0 aromatic rings. The van der Waals surface area contributed by atoms with E-state index >= 15 is 0 Å². The summed E-state index contributed by atoms with van der Waals surface area (Å²) in [5, 5.41) is 11.0. The predicted molar refractivity (Wildman–Crippen MR) is 94.1 cm³/mol. The zero-order valence-electron chi connectivity index (χ0n) is 16.2. The van der Waals surface area contributed by atoms with Gasteiger partial charge in [0.15, 0.2) is 0 Å². The lowest BCUT2D eigenvalue weighted by Crippen LogP contribution is -2.46. The third-order valence-electron chi connectivity index (χ3n) is 5.14. The standard InChI is InChI=1S/C19H32N2O5/c1-19(2,3)26-18(25)20-11-8-14(9-12-20)6-7-16(22)21-10-4-5-15(13-21)17(23)24/h14-15H,4-13H2,1-3H3,(H,23,24)/p-1. The molecule has 0 bridgehead atoms. The summed E-state index contributed by atoms with van der Waals surface area (Å²) < 4.78 is 5.39. The van der Waals surface area contributed by atoms with Gasteiger partial charge in [-0.1, -0.05) is 0 Å². The minimum Gasteiger partial charge on any atom is -0.550 e. The van der Waals surface area contributed by atoms with E-state index in [2.05, 4.69) is 0 Å². The molecule has 2 rings (SSSR count). The lowest BCUT2D eigenvalue weighted by molar-refractivity contribution is -0.312. The van der Waals surface area contributed by atoms with E-state index in [1.165, 1.54) is 0 Å². The van der Waals surface area contributed by atoms with Crippen LogP contribution in [0.15, 0.2) is 0 Å². The monoisotopic (exact) mass is 367 g/mol. The zero-order valence-corrected chi connectivity index (χ0v) is 16.2. The lowest BCUT2D eigenvalue weighted by atomic mass is 9.91. The van der Waals surface area contributed by atoms with E-state index in [9.17, 15) is 19.5 Å². The van der Waals surface area contributed by atoms with Gasteiger partial charge in [0.25, 0.3) is 0 Å². The summed E-state index contributed by atoms with van der Waals surface area (Å²) in [4.78, 5) is 38.8. The number of rotatable bonds is 4. The van der Waals surface area contributed by atoms with Crippen LogP contribution in [0.2, 0.25) is 0 Å². The highest BCUT2D eigenvalue weighted by Crippen LogP contribution is 2.24. The number of aliphatic carboxylic acids is 1. The number of nitrogens with zero attached hydrogens (tertiary/aromatic N) is 2. The highest BCUT2D eigenvalue weighted by Gasteiger charge is 2.28. The molecule has 2 saturated heterocycles. The van der Waals surface area contributed by atoms with E-state index in [1.54, 1.807) is 9.80 Å². The summed E-state index contributed by atoms with van der Waals surface area (Å²) in [6.07, 6.45) is 4.01. The average molecular weight is 367 g/mol. The maximum Gasteiger partial charge on any atom is 0.410 e. The van der Waals surface area contributed by atoms with E-state index in [-0.39, 0.29) is 18.5 Å². The van der Waals surface area contributed by atoms with Gasteiger partial charge in [-0.2, -0.15) is 0 Å². The smallest absolute Gasteiger partial charge is 0.410 e. The minimum absolute atomic E-state index is 0.0329. The maximum atomic E-state index is 12.4. The second kappa shape index (κ2) is 8.73. The van der Waals surface area contributed by atoms with Gasteiger partial charge in [0.2, 0.25) is 5.91 Å². The first-order chi connectivity index (χ1) is 12.2. The number of carbonyl (C=O) groups excluding carboxylic acids is 3. The molecule has 0 radical (unpaired) electrons. The quantitative estimate of drug-likeness (QED) is 0.749. The summed E-state index contributed by atoms with van der Waals surface area (Å²) in [5.74, 6) is -1.15. The van der Waals surface area contributed by atoms with Gasteiger partial charge in [-0.3, -0.25) is 4.79 Å². The molecule has 2 aliphatic rings. The fraction of sp³-hybridized carbons (Fsp3) is 0.842. The van der Waals surface area contributed by atoms with E-state index in [0.29, 0.717) is 38.4 Å². The number of piperidine rings is 2. The summed E-state index contributed by atoms with van der Waals surface area (Å²) in [7, 11) is 0. The summed E-state index contributed by atoms with van der Waals surface area (Å²) in [5.41, 5.74) is -0.488. The number of likely N-dealkylation sites (tertiary alicyclic amines) is 2. The molecule has 148 valence electrons. The Morgan fingerprint density at radius 2 is 1.69 bits per heavy atom. The van der Waals surface area contributed by atoms with Gasteiger partial charge < -0.3 is 24.4 Å². The molecule has 2 amide bonds. The first kappa shape index (κ1) is 20.5. The Balaban J connectivity index is 1.70. The fourth-order valence-electron chi connectivity index (χ4n) is 3.61. The van der Waals surface area contributed by atoms with Crippen LogP contribution in [0.4, 0.5) is 4.79 Å². The normalized spacial score (nSPS) is 22.2. The van der Waals surface area contributed by atoms with Crippen LogP contribution in [-0.4, -0.2) is 59.5 Å². The molecule has 0 aliphatic carbocycles. The topological polar surface area (TPSA) is 90.0 Å². The van der Waals surface area contributed by atoms with Crippen molar-refractivity contribution in [2.75, 3.05) is 26.2 Å². The number of carbonyl (C=O) groups is 3. The summed E-state index contributed by atoms with van der Waals surface area (Å²) >= 11 is 0. The molecule has 2 heterocycles. The highest BCUT2D eigenvalue weighted by atomic mass is 16.6. The van der Waals surface area contributed by atoms with Crippen molar-refractivity contribution in [1.82, 2.24) is 9.80 Å². The van der Waals surface area contributed by atoms with Crippen molar-refractivity contribution in [3.8, 4) is 0 Å². The third-order valence-corrected chi connectivity index (χ3v) is 5.14. The second-order valence-electron chi connectivity index (χ2n) is 8.45. The van der Waals surface area contributed by atoms with Crippen LogP contribution >= 0.6 is 0 Å². The van der Waals surface area contributed by atoms with Crippen molar-refractivity contribution in [1.29, 1.82) is 0 Å². The van der Waals surface area contributed by atoms with Crippen LogP contribution in [0.1, 0.15) is 59.3 Å². The SMILES string of the molecule is CC(C)(C)OC(=O)N1CCC(CCC(=O)N2CCCC(C(=O)[O-])C2)CC1. The van der Waals surface area contributed by atoms with Crippen LogP contribution < -0.4 is 5.11 Å². The van der Waals surface area contributed by atoms with Gasteiger partial charge in [0.05, 0.1) is 0 Å². The highest BCUT2D eigenvalue weighted by molar-refractivity contribution is 5.77. The Labute approximate surface area is 155 Å². The van der Waals surface area contributed by atoms with Crippen molar-refractivity contribution < 1.29 is 24.2 Å². The van der Waals surface area contributed by atoms with Gasteiger partial charge in [0.1, 0.15) is 5.60 Å². The molecular formula is C19H31N2O5-. The molecule has 1 atom stereocenters. The number of hydrogen-bond acceptors (Lipinski definition) is 5. The van der Waals surface area contributed by atoms with Crippen LogP contribution in [0.25, 0.3) is 0 Å². The van der Waals surface area contributed by atoms with Crippen LogP contribution in [0.3, 0.4) is 0 Å². The number of carboxylic acid groups (broad SMARTS) is 1. The minimum atomic E-state index is -1.06. The molecule has 2 fully saturated rings. The van der Waals surface area contributed by atoms with Crippen molar-refractivity contribution in [3.05, 3.63) is 0 Å². The van der Waals surface area contributed by atoms with Crippen molar-refractivity contribution in [2.24, 2.45) is 11.8 Å². The Kier molecular flexibility index (Phi) is 6.89. The number of carboxylic acids is 1. The Morgan fingerprint density at radius 1 is 1.04 bits per heavy atom. The van der Waals surface area contributed by atoms with Gasteiger partial charge >= 0.3 is 6.09 Å². The van der Waals surface area contributed by atoms with Gasteiger partial charge in [-0.25, -0.2) is 4.79 Å².